The summed E-state index contributed by atoms with van der Waals surface area (Å²) in [5, 5.41) is 0. The summed E-state index contributed by atoms with van der Waals surface area (Å²) >= 11 is 0. The number of rotatable bonds is 2. The molecule has 1 fully saturated rings. The Morgan fingerprint density at radius 2 is 1.94 bits per heavy atom. The molecule has 0 bridgehead atoms. The van der Waals surface area contributed by atoms with Crippen LogP contribution < -0.4 is 10.5 Å². The zero-order valence-corrected chi connectivity index (χ0v) is 10.5. The first-order valence-electron chi connectivity index (χ1n) is 5.68. The van der Waals surface area contributed by atoms with Crippen LogP contribution in [0.15, 0.2) is 18.2 Å². The van der Waals surface area contributed by atoms with Gasteiger partial charge in [-0.05, 0) is 18.2 Å². The summed E-state index contributed by atoms with van der Waals surface area (Å²) in [7, 11) is 1.63. The second-order valence-electron chi connectivity index (χ2n) is 5.12. The number of ether oxygens (including phenoxy) is 3. The van der Waals surface area contributed by atoms with Crippen LogP contribution in [0.25, 0.3) is 0 Å². The SMILES string of the molecule is COc1ccc(N)cc1C1OCC(C)(C)CO1. The van der Waals surface area contributed by atoms with Gasteiger partial charge in [0.1, 0.15) is 5.75 Å². The van der Waals surface area contributed by atoms with Crippen molar-refractivity contribution in [3.8, 4) is 5.75 Å². The van der Waals surface area contributed by atoms with Crippen LogP contribution in [0, 0.1) is 5.41 Å². The van der Waals surface area contributed by atoms with E-state index in [2.05, 4.69) is 13.8 Å². The molecule has 1 aromatic carbocycles. The Morgan fingerprint density at radius 1 is 1.29 bits per heavy atom. The van der Waals surface area contributed by atoms with Gasteiger partial charge in [0.2, 0.25) is 0 Å². The van der Waals surface area contributed by atoms with E-state index in [-0.39, 0.29) is 11.7 Å². The monoisotopic (exact) mass is 237 g/mol. The Bertz CT molecular complexity index is 394. The third kappa shape index (κ3) is 2.70. The van der Waals surface area contributed by atoms with Gasteiger partial charge >= 0.3 is 0 Å². The van der Waals surface area contributed by atoms with Gasteiger partial charge in [0.25, 0.3) is 0 Å². The lowest BCUT2D eigenvalue weighted by Gasteiger charge is -2.35. The van der Waals surface area contributed by atoms with Gasteiger partial charge in [-0.3, -0.25) is 0 Å². The smallest absolute Gasteiger partial charge is 0.187 e. The normalized spacial score (nSPS) is 20.2. The van der Waals surface area contributed by atoms with E-state index in [1.807, 2.05) is 12.1 Å². The van der Waals surface area contributed by atoms with E-state index in [9.17, 15) is 0 Å². The second-order valence-corrected chi connectivity index (χ2v) is 5.12. The maximum Gasteiger partial charge on any atom is 0.187 e. The Morgan fingerprint density at radius 3 is 2.53 bits per heavy atom. The molecule has 1 aliphatic rings. The van der Waals surface area contributed by atoms with Crippen molar-refractivity contribution in [2.45, 2.75) is 20.1 Å². The molecular formula is C13H19NO3. The summed E-state index contributed by atoms with van der Waals surface area (Å²) in [6.45, 7) is 5.55. The molecule has 4 nitrogen and oxygen atoms in total. The largest absolute Gasteiger partial charge is 0.496 e. The Labute approximate surface area is 102 Å². The predicted molar refractivity (Wildman–Crippen MR) is 65.8 cm³/mol. The lowest BCUT2D eigenvalue weighted by molar-refractivity contribution is -0.226. The molecule has 1 aliphatic heterocycles. The van der Waals surface area contributed by atoms with E-state index >= 15 is 0 Å². The highest BCUT2D eigenvalue weighted by Crippen LogP contribution is 2.36. The maximum atomic E-state index is 5.78. The average molecular weight is 237 g/mol. The molecule has 0 amide bonds. The molecule has 17 heavy (non-hydrogen) atoms. The highest BCUT2D eigenvalue weighted by Gasteiger charge is 2.30. The van der Waals surface area contributed by atoms with E-state index in [0.717, 1.165) is 11.3 Å². The summed E-state index contributed by atoms with van der Waals surface area (Å²) in [5.74, 6) is 0.740. The summed E-state index contributed by atoms with van der Waals surface area (Å²) in [6, 6.07) is 5.47. The van der Waals surface area contributed by atoms with Crippen LogP contribution in [0.1, 0.15) is 25.7 Å². The van der Waals surface area contributed by atoms with Crippen LogP contribution in [0.3, 0.4) is 0 Å². The fourth-order valence-corrected chi connectivity index (χ4v) is 1.81. The van der Waals surface area contributed by atoms with Crippen LogP contribution in [0.4, 0.5) is 5.69 Å². The highest BCUT2D eigenvalue weighted by molar-refractivity contribution is 5.48. The first-order chi connectivity index (χ1) is 8.02. The minimum Gasteiger partial charge on any atom is -0.496 e. The minimum absolute atomic E-state index is 0.0596. The van der Waals surface area contributed by atoms with Crippen molar-refractivity contribution < 1.29 is 14.2 Å². The Balaban J connectivity index is 2.20. The first kappa shape index (κ1) is 12.2. The molecule has 0 aliphatic carbocycles. The van der Waals surface area contributed by atoms with E-state index < -0.39 is 0 Å². The van der Waals surface area contributed by atoms with Crippen molar-refractivity contribution in [2.75, 3.05) is 26.1 Å². The molecule has 0 aromatic heterocycles. The molecule has 0 atom stereocenters. The molecule has 1 heterocycles. The minimum atomic E-state index is -0.388. The van der Waals surface area contributed by atoms with Crippen LogP contribution in [0.5, 0.6) is 5.75 Å². The number of hydrogen-bond donors (Lipinski definition) is 1. The fraction of sp³-hybridized carbons (Fsp3) is 0.538. The molecule has 2 rings (SSSR count). The molecular weight excluding hydrogens is 218 g/mol. The number of hydrogen-bond acceptors (Lipinski definition) is 4. The Kier molecular flexibility index (Phi) is 3.26. The number of nitrogen functional groups attached to an aromatic ring is 1. The van der Waals surface area contributed by atoms with Crippen molar-refractivity contribution in [3.05, 3.63) is 23.8 Å². The fourth-order valence-electron chi connectivity index (χ4n) is 1.81. The van der Waals surface area contributed by atoms with Gasteiger partial charge in [-0.25, -0.2) is 0 Å². The zero-order valence-electron chi connectivity index (χ0n) is 10.5. The van der Waals surface area contributed by atoms with Gasteiger partial charge < -0.3 is 19.9 Å². The number of methoxy groups -OCH3 is 1. The van der Waals surface area contributed by atoms with Crippen molar-refractivity contribution in [1.29, 1.82) is 0 Å². The van der Waals surface area contributed by atoms with E-state index in [1.54, 1.807) is 13.2 Å². The molecule has 1 aromatic rings. The van der Waals surface area contributed by atoms with Crippen molar-refractivity contribution in [3.63, 3.8) is 0 Å². The highest BCUT2D eigenvalue weighted by atomic mass is 16.7. The molecule has 2 N–H and O–H groups in total. The lowest BCUT2D eigenvalue weighted by Crippen LogP contribution is -2.33. The summed E-state index contributed by atoms with van der Waals surface area (Å²) in [5.41, 5.74) is 7.36. The van der Waals surface area contributed by atoms with Crippen LogP contribution in [-0.4, -0.2) is 20.3 Å². The number of anilines is 1. The number of nitrogens with two attached hydrogens (primary N) is 1. The molecule has 0 spiro atoms. The maximum absolute atomic E-state index is 5.78. The predicted octanol–water partition coefficient (Wildman–Crippen LogP) is 2.35. The van der Waals surface area contributed by atoms with Gasteiger partial charge in [0.15, 0.2) is 6.29 Å². The molecule has 94 valence electrons. The summed E-state index contributed by atoms with van der Waals surface area (Å²) in [4.78, 5) is 0. The first-order valence-corrected chi connectivity index (χ1v) is 5.68. The van der Waals surface area contributed by atoms with E-state index in [1.165, 1.54) is 0 Å². The number of benzene rings is 1. The summed E-state index contributed by atoms with van der Waals surface area (Å²) in [6.07, 6.45) is -0.388. The lowest BCUT2D eigenvalue weighted by atomic mass is 9.95. The molecule has 4 heteroatoms. The Hall–Kier alpha value is -1.26. The van der Waals surface area contributed by atoms with Gasteiger partial charge in [0.05, 0.1) is 25.9 Å². The van der Waals surface area contributed by atoms with Crippen molar-refractivity contribution in [1.82, 2.24) is 0 Å². The molecule has 0 unspecified atom stereocenters. The van der Waals surface area contributed by atoms with Gasteiger partial charge in [0, 0.05) is 11.1 Å². The van der Waals surface area contributed by atoms with Crippen molar-refractivity contribution in [2.24, 2.45) is 5.41 Å². The van der Waals surface area contributed by atoms with Crippen LogP contribution in [-0.2, 0) is 9.47 Å². The molecule has 0 radical (unpaired) electrons. The summed E-state index contributed by atoms with van der Waals surface area (Å²) < 4.78 is 16.7. The van der Waals surface area contributed by atoms with Gasteiger partial charge in [-0.2, -0.15) is 0 Å². The third-order valence-corrected chi connectivity index (χ3v) is 2.76. The average Bonchev–Trinajstić information content (AvgIpc) is 2.29. The second kappa shape index (κ2) is 4.55. The molecule has 1 saturated heterocycles. The van der Waals surface area contributed by atoms with E-state index in [0.29, 0.717) is 18.9 Å². The van der Waals surface area contributed by atoms with Crippen LogP contribution in [0.2, 0.25) is 0 Å². The van der Waals surface area contributed by atoms with E-state index in [4.69, 9.17) is 19.9 Å². The van der Waals surface area contributed by atoms with Crippen molar-refractivity contribution >= 4 is 5.69 Å². The standard InChI is InChI=1S/C13H19NO3/c1-13(2)7-16-12(17-8-13)10-6-9(14)4-5-11(10)15-3/h4-6,12H,7-8,14H2,1-3H3. The van der Waals surface area contributed by atoms with Gasteiger partial charge in [-0.15, -0.1) is 0 Å². The third-order valence-electron chi connectivity index (χ3n) is 2.76. The molecule has 0 saturated carbocycles. The quantitative estimate of drug-likeness (QED) is 0.802. The zero-order chi connectivity index (χ0) is 12.5. The van der Waals surface area contributed by atoms with Crippen LogP contribution >= 0.6 is 0 Å². The topological polar surface area (TPSA) is 53.7 Å². The van der Waals surface area contributed by atoms with Gasteiger partial charge in [-0.1, -0.05) is 13.8 Å².